The second kappa shape index (κ2) is 9.25. The third kappa shape index (κ3) is 4.72. The zero-order valence-electron chi connectivity index (χ0n) is 18.3. The first-order chi connectivity index (χ1) is 15.7. The fraction of sp³-hybridized carbons (Fsp3) is 0.167. The van der Waals surface area contributed by atoms with E-state index in [1.807, 2.05) is 63.2 Å². The van der Waals surface area contributed by atoms with Crippen LogP contribution in [0.15, 0.2) is 59.5 Å². The van der Waals surface area contributed by atoms with E-state index < -0.39 is 0 Å². The number of H-pyrrole nitrogens is 1. The summed E-state index contributed by atoms with van der Waals surface area (Å²) in [6.07, 6.45) is 0. The van der Waals surface area contributed by atoms with Crippen LogP contribution in [0.1, 0.15) is 27.4 Å². The summed E-state index contributed by atoms with van der Waals surface area (Å²) in [5.74, 6) is -0.562. The lowest BCUT2D eigenvalue weighted by Gasteiger charge is -2.08. The van der Waals surface area contributed by atoms with Crippen molar-refractivity contribution in [3.8, 4) is 11.1 Å². The summed E-state index contributed by atoms with van der Waals surface area (Å²) >= 11 is 7.64. The van der Waals surface area contributed by atoms with Crippen LogP contribution in [-0.2, 0) is 0 Å². The van der Waals surface area contributed by atoms with Crippen LogP contribution < -0.4 is 10.1 Å². The maximum absolute atomic E-state index is 13.5. The SMILES string of the molecule is Cc1cc(C)[n+](NC(=O)c2[nH]c3ccc(SC[N+](=O)[O-])cc3c2-c2ccccc2Cl)c(C)c1. The number of hydrogen-bond acceptors (Lipinski definition) is 4. The number of amides is 1. The Morgan fingerprint density at radius 3 is 2.48 bits per heavy atom. The molecule has 7 nitrogen and oxygen atoms in total. The molecular formula is C24H22ClN4O3S+. The van der Waals surface area contributed by atoms with Crippen molar-refractivity contribution in [2.45, 2.75) is 25.7 Å². The number of thioether (sulfide) groups is 1. The lowest BCUT2D eigenvalue weighted by Crippen LogP contribution is -2.53. The van der Waals surface area contributed by atoms with Gasteiger partial charge in [0.1, 0.15) is 5.69 Å². The normalized spacial score (nSPS) is 11.0. The Morgan fingerprint density at radius 1 is 1.12 bits per heavy atom. The van der Waals surface area contributed by atoms with Crippen LogP contribution in [0.5, 0.6) is 0 Å². The maximum atomic E-state index is 13.5. The van der Waals surface area contributed by atoms with Crippen molar-refractivity contribution < 1.29 is 14.4 Å². The van der Waals surface area contributed by atoms with Crippen molar-refractivity contribution in [2.75, 3.05) is 11.3 Å². The molecule has 2 heterocycles. The Labute approximate surface area is 199 Å². The Bertz CT molecular complexity index is 1380. The molecule has 33 heavy (non-hydrogen) atoms. The molecule has 0 aliphatic carbocycles. The topological polar surface area (TPSA) is 91.9 Å². The molecule has 0 atom stereocenters. The number of hydrogen-bond donors (Lipinski definition) is 2. The van der Waals surface area contributed by atoms with E-state index in [-0.39, 0.29) is 16.7 Å². The molecule has 0 saturated carbocycles. The molecule has 0 saturated heterocycles. The number of aromatic amines is 1. The van der Waals surface area contributed by atoms with Gasteiger partial charge in [0, 0.05) is 62.9 Å². The van der Waals surface area contributed by atoms with Gasteiger partial charge in [-0.15, -0.1) is 5.43 Å². The highest BCUT2D eigenvalue weighted by molar-refractivity contribution is 7.99. The molecule has 2 aromatic carbocycles. The largest absolute Gasteiger partial charge is 0.350 e. The van der Waals surface area contributed by atoms with Gasteiger partial charge in [0.2, 0.25) is 11.4 Å². The number of halogens is 1. The molecule has 4 rings (SSSR count). The number of nitrogens with zero attached hydrogens (tertiary/aromatic N) is 2. The second-order valence-corrected chi connectivity index (χ2v) is 9.19. The van der Waals surface area contributed by atoms with Gasteiger partial charge in [-0.25, -0.2) is 0 Å². The molecule has 0 unspecified atom stereocenters. The summed E-state index contributed by atoms with van der Waals surface area (Å²) in [6, 6.07) is 16.8. The standard InChI is InChI=1S/C24H21ClN4O3S/c1-14-10-15(2)29(16(3)11-14)27-24(30)23-22(18-6-4-5-7-20(18)25)19-12-17(33-13-28(31)32)8-9-21(19)26-23/h4-12H,13H2,1-3H3,(H-,26,27,30)/p+1. The highest BCUT2D eigenvalue weighted by Crippen LogP contribution is 2.38. The van der Waals surface area contributed by atoms with Crippen LogP contribution in [-0.4, -0.2) is 21.7 Å². The molecule has 4 aromatic rings. The van der Waals surface area contributed by atoms with Gasteiger partial charge in [-0.05, 0) is 48.5 Å². The van der Waals surface area contributed by atoms with E-state index in [4.69, 9.17) is 11.6 Å². The first kappa shape index (κ1) is 22.8. The second-order valence-electron chi connectivity index (χ2n) is 7.76. The van der Waals surface area contributed by atoms with Gasteiger partial charge < -0.3 is 4.98 Å². The summed E-state index contributed by atoms with van der Waals surface area (Å²) in [5, 5.41) is 12.1. The fourth-order valence-corrected chi connectivity index (χ4v) is 4.79. The fourth-order valence-electron chi connectivity index (χ4n) is 3.94. The minimum Gasteiger partial charge on any atom is -0.350 e. The van der Waals surface area contributed by atoms with Crippen LogP contribution in [0.3, 0.4) is 0 Å². The van der Waals surface area contributed by atoms with Crippen LogP contribution in [0.4, 0.5) is 0 Å². The number of aromatic nitrogens is 2. The minimum atomic E-state index is -0.372. The van der Waals surface area contributed by atoms with Crippen LogP contribution in [0, 0.1) is 30.9 Å². The monoisotopic (exact) mass is 481 g/mol. The highest BCUT2D eigenvalue weighted by atomic mass is 35.5. The van der Waals surface area contributed by atoms with E-state index in [0.717, 1.165) is 44.5 Å². The maximum Gasteiger partial charge on any atom is 0.322 e. The summed E-state index contributed by atoms with van der Waals surface area (Å²) in [6.45, 7) is 5.87. The number of pyridine rings is 1. The molecule has 0 radical (unpaired) electrons. The number of benzene rings is 2. The van der Waals surface area contributed by atoms with E-state index in [1.54, 1.807) is 16.8 Å². The van der Waals surface area contributed by atoms with Crippen molar-refractivity contribution in [1.29, 1.82) is 0 Å². The van der Waals surface area contributed by atoms with Gasteiger partial charge in [-0.3, -0.25) is 14.9 Å². The minimum absolute atomic E-state index is 0.243. The molecule has 2 aromatic heterocycles. The summed E-state index contributed by atoms with van der Waals surface area (Å²) < 4.78 is 1.75. The van der Waals surface area contributed by atoms with Gasteiger partial charge in [-0.1, -0.05) is 34.5 Å². The highest BCUT2D eigenvalue weighted by Gasteiger charge is 2.25. The summed E-state index contributed by atoms with van der Waals surface area (Å²) in [4.78, 5) is 27.9. The smallest absolute Gasteiger partial charge is 0.322 e. The molecular weight excluding hydrogens is 460 g/mol. The van der Waals surface area contributed by atoms with Crippen LogP contribution in [0.25, 0.3) is 22.0 Å². The van der Waals surface area contributed by atoms with Gasteiger partial charge in [-0.2, -0.15) is 0 Å². The zero-order valence-corrected chi connectivity index (χ0v) is 19.9. The van der Waals surface area contributed by atoms with Crippen molar-refractivity contribution in [3.63, 3.8) is 0 Å². The molecule has 0 spiro atoms. The lowest BCUT2D eigenvalue weighted by atomic mass is 10.0. The van der Waals surface area contributed by atoms with Crippen molar-refractivity contribution in [3.05, 3.63) is 92.4 Å². The summed E-state index contributed by atoms with van der Waals surface area (Å²) in [5.41, 5.74) is 8.34. The van der Waals surface area contributed by atoms with E-state index >= 15 is 0 Å². The van der Waals surface area contributed by atoms with Gasteiger partial charge in [0.15, 0.2) is 0 Å². The first-order valence-corrected chi connectivity index (χ1v) is 11.6. The quantitative estimate of drug-likeness (QED) is 0.127. The Kier molecular flexibility index (Phi) is 6.40. The number of carbonyl (C=O) groups is 1. The molecule has 0 bridgehead atoms. The summed E-state index contributed by atoms with van der Waals surface area (Å²) in [7, 11) is 0. The van der Waals surface area contributed by atoms with Crippen molar-refractivity contribution in [1.82, 2.24) is 4.98 Å². The van der Waals surface area contributed by atoms with Gasteiger partial charge >= 0.3 is 5.91 Å². The van der Waals surface area contributed by atoms with E-state index in [2.05, 4.69) is 10.4 Å². The molecule has 0 aliphatic heterocycles. The third-order valence-corrected chi connectivity index (χ3v) is 6.53. The first-order valence-electron chi connectivity index (χ1n) is 10.2. The molecule has 0 aliphatic rings. The molecule has 0 fully saturated rings. The average Bonchev–Trinajstić information content (AvgIpc) is 3.13. The van der Waals surface area contributed by atoms with E-state index in [1.165, 1.54) is 0 Å². The lowest BCUT2D eigenvalue weighted by molar-refractivity contribution is -0.654. The average molecular weight is 482 g/mol. The Hall–Kier alpha value is -3.36. The van der Waals surface area contributed by atoms with E-state index in [9.17, 15) is 14.9 Å². The number of rotatable bonds is 6. The van der Waals surface area contributed by atoms with Crippen molar-refractivity contribution >= 4 is 40.2 Å². The third-order valence-electron chi connectivity index (χ3n) is 5.27. The molecule has 1 amide bonds. The predicted molar refractivity (Wildman–Crippen MR) is 131 cm³/mol. The predicted octanol–water partition coefficient (Wildman–Crippen LogP) is 5.41. The van der Waals surface area contributed by atoms with Gasteiger partial charge in [0.25, 0.3) is 5.88 Å². The molecule has 9 heteroatoms. The number of fused-ring (bicyclic) bond motifs is 1. The zero-order chi connectivity index (χ0) is 23.7. The molecule has 2 N–H and O–H groups in total. The number of carbonyl (C=O) groups excluding carboxylic acids is 1. The van der Waals surface area contributed by atoms with E-state index in [0.29, 0.717) is 21.8 Å². The Morgan fingerprint density at radius 2 is 1.82 bits per heavy atom. The van der Waals surface area contributed by atoms with Crippen LogP contribution in [0.2, 0.25) is 5.02 Å². The van der Waals surface area contributed by atoms with Crippen LogP contribution >= 0.6 is 23.4 Å². The van der Waals surface area contributed by atoms with Crippen molar-refractivity contribution in [2.24, 2.45) is 0 Å². The number of nitro groups is 1. The van der Waals surface area contributed by atoms with Gasteiger partial charge in [0.05, 0.1) is 0 Å². The number of aryl methyl sites for hydroxylation is 3. The molecule has 168 valence electrons. The Balaban J connectivity index is 1.85. The number of nitrogens with one attached hydrogen (secondary N) is 2.